The van der Waals surface area contributed by atoms with Crippen molar-refractivity contribution in [2.24, 2.45) is 0 Å². The van der Waals surface area contributed by atoms with E-state index in [9.17, 15) is 24.1 Å². The number of thioether (sulfide) groups is 1. The van der Waals surface area contributed by atoms with Crippen molar-refractivity contribution in [3.8, 4) is 0 Å². The zero-order valence-electron chi connectivity index (χ0n) is 16.1. The van der Waals surface area contributed by atoms with E-state index in [0.29, 0.717) is 16.1 Å². The first kappa shape index (κ1) is 21.2. The molecule has 0 unspecified atom stereocenters. The number of benzene rings is 3. The molecule has 0 aliphatic rings. The lowest BCUT2D eigenvalue weighted by atomic mass is 9.97. The third-order valence-electron chi connectivity index (χ3n) is 4.49. The number of nitrogens with one attached hydrogen (secondary N) is 1. The van der Waals surface area contributed by atoms with Crippen LogP contribution in [0.4, 0.5) is 15.8 Å². The van der Waals surface area contributed by atoms with Crippen molar-refractivity contribution in [2.45, 2.75) is 11.8 Å². The van der Waals surface area contributed by atoms with E-state index in [1.807, 2.05) is 0 Å². The second-order valence-corrected chi connectivity index (χ2v) is 7.28. The zero-order valence-corrected chi connectivity index (χ0v) is 17.0. The molecule has 0 aromatic heterocycles. The molecule has 8 heteroatoms. The minimum Gasteiger partial charge on any atom is -0.322 e. The van der Waals surface area contributed by atoms with E-state index in [2.05, 4.69) is 5.32 Å². The fraction of sp³-hybridized carbons (Fsp3) is 0.0909. The lowest BCUT2D eigenvalue weighted by molar-refractivity contribution is -0.387. The van der Waals surface area contributed by atoms with Gasteiger partial charge in [0, 0.05) is 22.9 Å². The molecule has 0 fully saturated rings. The summed E-state index contributed by atoms with van der Waals surface area (Å²) in [5, 5.41) is 14.0. The Bertz CT molecular complexity index is 1160. The molecule has 0 spiro atoms. The average molecular weight is 424 g/mol. The molecular weight excluding hydrogens is 407 g/mol. The molecule has 1 N–H and O–H groups in total. The van der Waals surface area contributed by atoms with Gasteiger partial charge in [0.2, 0.25) is 0 Å². The summed E-state index contributed by atoms with van der Waals surface area (Å²) in [5.41, 5.74) is 1.12. The predicted octanol–water partition coefficient (Wildman–Crippen LogP) is 5.25. The molecule has 0 bridgehead atoms. The summed E-state index contributed by atoms with van der Waals surface area (Å²) in [6.07, 6.45) is 1.71. The Kier molecular flexibility index (Phi) is 6.27. The number of hydrogen-bond acceptors (Lipinski definition) is 5. The number of halogens is 1. The van der Waals surface area contributed by atoms with E-state index in [4.69, 9.17) is 0 Å². The largest absolute Gasteiger partial charge is 0.322 e. The van der Waals surface area contributed by atoms with Crippen LogP contribution in [0.15, 0.2) is 65.6 Å². The standard InChI is InChI=1S/C22H17FN2O4S/c1-13-11-15(23)8-9-18(13)24-22(27)17-6-4-3-5-16(17)21(26)14-7-10-20(30-2)19(12-14)25(28)29/h3-12H,1-2H3,(H,24,27). The van der Waals surface area contributed by atoms with Gasteiger partial charge in [-0.15, -0.1) is 11.8 Å². The van der Waals surface area contributed by atoms with E-state index in [-0.39, 0.29) is 22.4 Å². The normalized spacial score (nSPS) is 10.5. The van der Waals surface area contributed by atoms with Crippen LogP contribution in [0.2, 0.25) is 0 Å². The summed E-state index contributed by atoms with van der Waals surface area (Å²) in [6.45, 7) is 1.65. The van der Waals surface area contributed by atoms with Crippen LogP contribution in [-0.4, -0.2) is 22.9 Å². The second-order valence-electron chi connectivity index (χ2n) is 6.43. The number of anilines is 1. The number of carbonyl (C=O) groups is 2. The fourth-order valence-electron chi connectivity index (χ4n) is 2.97. The quantitative estimate of drug-likeness (QED) is 0.253. The van der Waals surface area contributed by atoms with Crippen molar-refractivity contribution >= 4 is 34.8 Å². The van der Waals surface area contributed by atoms with Crippen LogP contribution in [0.3, 0.4) is 0 Å². The van der Waals surface area contributed by atoms with Gasteiger partial charge >= 0.3 is 0 Å². The first-order valence-electron chi connectivity index (χ1n) is 8.85. The highest BCUT2D eigenvalue weighted by Crippen LogP contribution is 2.29. The third kappa shape index (κ3) is 4.38. The van der Waals surface area contributed by atoms with Crippen LogP contribution in [0.1, 0.15) is 31.8 Å². The average Bonchev–Trinajstić information content (AvgIpc) is 2.74. The summed E-state index contributed by atoms with van der Waals surface area (Å²) in [4.78, 5) is 37.1. The molecule has 0 aliphatic carbocycles. The van der Waals surface area contributed by atoms with Crippen molar-refractivity contribution in [1.29, 1.82) is 0 Å². The fourth-order valence-corrected chi connectivity index (χ4v) is 3.51. The minimum atomic E-state index is -0.543. The summed E-state index contributed by atoms with van der Waals surface area (Å²) in [7, 11) is 0. The van der Waals surface area contributed by atoms with Crippen molar-refractivity contribution in [1.82, 2.24) is 0 Å². The maximum absolute atomic E-state index is 13.3. The topological polar surface area (TPSA) is 89.3 Å². The van der Waals surface area contributed by atoms with E-state index in [1.54, 1.807) is 25.3 Å². The highest BCUT2D eigenvalue weighted by Gasteiger charge is 2.22. The number of nitro benzene ring substituents is 1. The molecule has 3 aromatic rings. The van der Waals surface area contributed by atoms with Gasteiger partial charge in [-0.3, -0.25) is 19.7 Å². The first-order valence-corrected chi connectivity index (χ1v) is 10.1. The van der Waals surface area contributed by atoms with Gasteiger partial charge in [0.15, 0.2) is 5.78 Å². The minimum absolute atomic E-state index is 0.109. The summed E-state index contributed by atoms with van der Waals surface area (Å²) < 4.78 is 13.3. The van der Waals surface area contributed by atoms with Crippen molar-refractivity contribution in [2.75, 3.05) is 11.6 Å². The van der Waals surface area contributed by atoms with E-state index >= 15 is 0 Å². The molecule has 30 heavy (non-hydrogen) atoms. The summed E-state index contributed by atoms with van der Waals surface area (Å²) in [5.74, 6) is -1.47. The number of carbonyl (C=O) groups excluding carboxylic acids is 2. The number of rotatable bonds is 6. The van der Waals surface area contributed by atoms with Crippen LogP contribution in [0.25, 0.3) is 0 Å². The van der Waals surface area contributed by atoms with Gasteiger partial charge in [0.1, 0.15) is 5.82 Å². The van der Waals surface area contributed by atoms with Crippen molar-refractivity contribution < 1.29 is 18.9 Å². The van der Waals surface area contributed by atoms with Gasteiger partial charge < -0.3 is 5.32 Å². The molecule has 0 saturated heterocycles. The molecule has 3 aromatic carbocycles. The lowest BCUT2D eigenvalue weighted by Gasteiger charge is -2.12. The van der Waals surface area contributed by atoms with Gasteiger partial charge in [-0.25, -0.2) is 4.39 Å². The monoisotopic (exact) mass is 424 g/mol. The maximum atomic E-state index is 13.3. The number of nitrogens with zero attached hydrogens (tertiary/aromatic N) is 1. The smallest absolute Gasteiger partial charge is 0.283 e. The Balaban J connectivity index is 1.97. The van der Waals surface area contributed by atoms with Crippen molar-refractivity contribution in [3.05, 3.63) is 98.8 Å². The Morgan fingerprint density at radius 3 is 2.37 bits per heavy atom. The van der Waals surface area contributed by atoms with Crippen LogP contribution in [0.5, 0.6) is 0 Å². The number of hydrogen-bond donors (Lipinski definition) is 1. The van der Waals surface area contributed by atoms with Crippen LogP contribution in [0, 0.1) is 22.9 Å². The third-order valence-corrected chi connectivity index (χ3v) is 5.28. The molecule has 0 aliphatic heterocycles. The van der Waals surface area contributed by atoms with Crippen LogP contribution >= 0.6 is 11.8 Å². The SMILES string of the molecule is CSc1ccc(C(=O)c2ccccc2C(=O)Nc2ccc(F)cc2C)cc1[N+](=O)[O-]. The number of nitro groups is 1. The van der Waals surface area contributed by atoms with Gasteiger partial charge in [-0.05, 0) is 55.1 Å². The molecule has 152 valence electrons. The van der Waals surface area contributed by atoms with Crippen molar-refractivity contribution in [3.63, 3.8) is 0 Å². The molecule has 6 nitrogen and oxygen atoms in total. The molecular formula is C22H17FN2O4S. The number of amides is 1. The van der Waals surface area contributed by atoms with E-state index in [1.165, 1.54) is 60.3 Å². The van der Waals surface area contributed by atoms with Gasteiger partial charge in [0.05, 0.1) is 15.4 Å². The Labute approximate surface area is 176 Å². The zero-order chi connectivity index (χ0) is 21.8. The summed E-state index contributed by atoms with van der Waals surface area (Å²) >= 11 is 1.21. The molecule has 0 heterocycles. The molecule has 0 atom stereocenters. The Hall–Kier alpha value is -3.52. The Morgan fingerprint density at radius 1 is 1.03 bits per heavy atom. The van der Waals surface area contributed by atoms with Crippen LogP contribution < -0.4 is 5.32 Å². The number of aryl methyl sites for hydroxylation is 1. The number of ketones is 1. The summed E-state index contributed by atoms with van der Waals surface area (Å²) in [6, 6.07) is 14.4. The van der Waals surface area contributed by atoms with Crippen LogP contribution in [-0.2, 0) is 0 Å². The lowest BCUT2D eigenvalue weighted by Crippen LogP contribution is -2.17. The molecule has 1 amide bonds. The Morgan fingerprint density at radius 2 is 1.73 bits per heavy atom. The van der Waals surface area contributed by atoms with Gasteiger partial charge in [-0.2, -0.15) is 0 Å². The molecule has 3 rings (SSSR count). The van der Waals surface area contributed by atoms with E-state index in [0.717, 1.165) is 0 Å². The van der Waals surface area contributed by atoms with E-state index < -0.39 is 22.4 Å². The maximum Gasteiger partial charge on any atom is 0.283 e. The first-order chi connectivity index (χ1) is 14.3. The van der Waals surface area contributed by atoms with Gasteiger partial charge in [0.25, 0.3) is 11.6 Å². The second kappa shape index (κ2) is 8.87. The highest BCUT2D eigenvalue weighted by atomic mass is 32.2. The van der Waals surface area contributed by atoms with Gasteiger partial charge in [-0.1, -0.05) is 18.2 Å². The highest BCUT2D eigenvalue weighted by molar-refractivity contribution is 7.98. The predicted molar refractivity (Wildman–Crippen MR) is 114 cm³/mol. The molecule has 0 radical (unpaired) electrons. The molecule has 0 saturated carbocycles.